The quantitative estimate of drug-likeness (QED) is 0.529. The van der Waals surface area contributed by atoms with Gasteiger partial charge in [-0.3, -0.25) is 4.98 Å². The lowest BCUT2D eigenvalue weighted by Gasteiger charge is -2.19. The van der Waals surface area contributed by atoms with E-state index in [-0.39, 0.29) is 12.6 Å². The molecule has 174 valence electrons. The second-order valence-electron chi connectivity index (χ2n) is 7.54. The van der Waals surface area contributed by atoms with Crippen LogP contribution in [0.25, 0.3) is 10.9 Å². The van der Waals surface area contributed by atoms with E-state index in [0.29, 0.717) is 46.2 Å². The number of nitrogens with zero attached hydrogens (tertiary/aromatic N) is 3. The van der Waals surface area contributed by atoms with Crippen molar-refractivity contribution in [2.45, 2.75) is 39.1 Å². The standard InChI is InChI=1S/C23H23F3N4O3/c1-13(18-5-4-8-32-18)33-20-10-16-17(11-19(20)31-3)29-14(2)30-22(16)28-12-15-6-7-27-21(9-15)23(24,25)26/h5-7,9-11,13H,4,8,12H2,1-3H3,(H,28,29,30). The number of aryl methyl sites for hydroxylation is 1. The first kappa shape index (κ1) is 22.6. The second-order valence-corrected chi connectivity index (χ2v) is 7.54. The van der Waals surface area contributed by atoms with Crippen LogP contribution in [0.15, 0.2) is 42.3 Å². The molecule has 0 aliphatic carbocycles. The van der Waals surface area contributed by atoms with E-state index in [0.717, 1.165) is 24.4 Å². The average Bonchev–Trinajstić information content (AvgIpc) is 3.32. The van der Waals surface area contributed by atoms with Gasteiger partial charge in [-0.2, -0.15) is 13.2 Å². The van der Waals surface area contributed by atoms with Gasteiger partial charge >= 0.3 is 6.18 Å². The first-order valence-corrected chi connectivity index (χ1v) is 10.4. The molecule has 7 nitrogen and oxygen atoms in total. The number of alkyl halides is 3. The molecular weight excluding hydrogens is 437 g/mol. The van der Waals surface area contributed by atoms with Gasteiger partial charge in [0.05, 0.1) is 19.2 Å². The molecule has 33 heavy (non-hydrogen) atoms. The predicted molar refractivity (Wildman–Crippen MR) is 116 cm³/mol. The minimum atomic E-state index is -4.51. The average molecular weight is 460 g/mol. The molecular formula is C23H23F3N4O3. The Hall–Kier alpha value is -3.56. The van der Waals surface area contributed by atoms with E-state index in [1.807, 2.05) is 13.0 Å². The molecule has 0 amide bonds. The van der Waals surface area contributed by atoms with Crippen molar-refractivity contribution in [3.8, 4) is 11.5 Å². The lowest BCUT2D eigenvalue weighted by Crippen LogP contribution is -2.16. The summed E-state index contributed by atoms with van der Waals surface area (Å²) < 4.78 is 56.1. The van der Waals surface area contributed by atoms with Gasteiger partial charge in [0.15, 0.2) is 17.6 Å². The van der Waals surface area contributed by atoms with Crippen LogP contribution in [0.5, 0.6) is 11.5 Å². The molecule has 1 atom stereocenters. The monoisotopic (exact) mass is 460 g/mol. The summed E-state index contributed by atoms with van der Waals surface area (Å²) in [5.41, 5.74) is 0.0953. The van der Waals surface area contributed by atoms with Gasteiger partial charge in [-0.1, -0.05) is 0 Å². The van der Waals surface area contributed by atoms with Gasteiger partial charge in [0.25, 0.3) is 0 Å². The number of pyridine rings is 1. The number of methoxy groups -OCH3 is 1. The lowest BCUT2D eigenvalue weighted by molar-refractivity contribution is -0.141. The number of nitrogens with one attached hydrogen (secondary N) is 1. The Kier molecular flexibility index (Phi) is 6.26. The predicted octanol–water partition coefficient (Wildman–Crippen LogP) is 5.04. The molecule has 3 aromatic rings. The van der Waals surface area contributed by atoms with Gasteiger partial charge in [-0.05, 0) is 43.7 Å². The van der Waals surface area contributed by atoms with Crippen LogP contribution in [-0.4, -0.2) is 34.8 Å². The maximum Gasteiger partial charge on any atom is 0.433 e. The third-order valence-electron chi connectivity index (χ3n) is 5.10. The highest BCUT2D eigenvalue weighted by Crippen LogP contribution is 2.36. The Morgan fingerprint density at radius 3 is 2.70 bits per heavy atom. The summed E-state index contributed by atoms with van der Waals surface area (Å²) >= 11 is 0. The van der Waals surface area contributed by atoms with Gasteiger partial charge in [-0.25, -0.2) is 9.97 Å². The van der Waals surface area contributed by atoms with Crippen molar-refractivity contribution in [3.05, 3.63) is 59.4 Å². The van der Waals surface area contributed by atoms with Crippen LogP contribution in [0, 0.1) is 6.92 Å². The smallest absolute Gasteiger partial charge is 0.433 e. The number of benzene rings is 1. The highest BCUT2D eigenvalue weighted by molar-refractivity contribution is 5.91. The lowest BCUT2D eigenvalue weighted by atomic mass is 10.2. The number of hydrogen-bond acceptors (Lipinski definition) is 7. The van der Waals surface area contributed by atoms with Gasteiger partial charge in [0, 0.05) is 30.6 Å². The molecule has 10 heteroatoms. The largest absolute Gasteiger partial charge is 0.494 e. The van der Waals surface area contributed by atoms with Crippen LogP contribution in [0.4, 0.5) is 19.0 Å². The first-order chi connectivity index (χ1) is 15.7. The Morgan fingerprint density at radius 2 is 2.00 bits per heavy atom. The SMILES string of the molecule is COc1cc2nc(C)nc(NCc3ccnc(C(F)(F)F)c3)c2cc1OC(C)C1=CCCO1. The van der Waals surface area contributed by atoms with E-state index in [4.69, 9.17) is 14.2 Å². The van der Waals surface area contributed by atoms with Crippen LogP contribution in [0.3, 0.4) is 0 Å². The molecule has 1 aromatic carbocycles. The molecule has 3 heterocycles. The van der Waals surface area contributed by atoms with Crippen molar-refractivity contribution in [2.24, 2.45) is 0 Å². The highest BCUT2D eigenvalue weighted by atomic mass is 19.4. The van der Waals surface area contributed by atoms with Gasteiger partial charge in [0.1, 0.15) is 23.1 Å². The molecule has 0 bridgehead atoms. The first-order valence-electron chi connectivity index (χ1n) is 10.4. The normalized spacial score (nSPS) is 14.5. The van der Waals surface area contributed by atoms with E-state index in [1.54, 1.807) is 26.2 Å². The summed E-state index contributed by atoms with van der Waals surface area (Å²) in [7, 11) is 1.54. The zero-order valence-electron chi connectivity index (χ0n) is 18.4. The fourth-order valence-electron chi connectivity index (χ4n) is 3.53. The van der Waals surface area contributed by atoms with Crippen LogP contribution < -0.4 is 14.8 Å². The van der Waals surface area contributed by atoms with E-state index in [1.165, 1.54) is 6.07 Å². The fourth-order valence-corrected chi connectivity index (χ4v) is 3.53. The van der Waals surface area contributed by atoms with E-state index in [9.17, 15) is 13.2 Å². The zero-order valence-corrected chi connectivity index (χ0v) is 18.4. The number of halogens is 3. The molecule has 0 saturated carbocycles. The van der Waals surface area contributed by atoms with Crippen LogP contribution in [0.1, 0.15) is 30.4 Å². The van der Waals surface area contributed by atoms with Crippen LogP contribution >= 0.6 is 0 Å². The second kappa shape index (κ2) is 9.13. The third-order valence-corrected chi connectivity index (χ3v) is 5.10. The molecule has 1 aliphatic rings. The number of rotatable bonds is 7. The summed E-state index contributed by atoms with van der Waals surface area (Å²) in [5, 5.41) is 3.77. The molecule has 0 fully saturated rings. The zero-order chi connectivity index (χ0) is 23.6. The van der Waals surface area contributed by atoms with Crippen molar-refractivity contribution >= 4 is 16.7 Å². The maximum absolute atomic E-state index is 13.0. The molecule has 1 unspecified atom stereocenters. The van der Waals surface area contributed by atoms with Gasteiger partial charge in [0.2, 0.25) is 0 Å². The highest BCUT2D eigenvalue weighted by Gasteiger charge is 2.32. The van der Waals surface area contributed by atoms with Crippen molar-refractivity contribution in [1.29, 1.82) is 0 Å². The summed E-state index contributed by atoms with van der Waals surface area (Å²) in [4.78, 5) is 12.3. The molecule has 0 radical (unpaired) electrons. The summed E-state index contributed by atoms with van der Waals surface area (Å²) in [6.45, 7) is 4.37. The Morgan fingerprint density at radius 1 is 1.18 bits per heavy atom. The molecule has 4 rings (SSSR count). The summed E-state index contributed by atoms with van der Waals surface area (Å²) in [6.07, 6.45) is -0.863. The molecule has 1 N–H and O–H groups in total. The topological polar surface area (TPSA) is 78.4 Å². The minimum Gasteiger partial charge on any atom is -0.494 e. The summed E-state index contributed by atoms with van der Waals surface area (Å²) in [6, 6.07) is 6.04. The molecule has 0 spiro atoms. The van der Waals surface area contributed by atoms with Crippen LogP contribution in [-0.2, 0) is 17.5 Å². The van der Waals surface area contributed by atoms with Crippen molar-refractivity contribution in [3.63, 3.8) is 0 Å². The van der Waals surface area contributed by atoms with Crippen molar-refractivity contribution < 1.29 is 27.4 Å². The van der Waals surface area contributed by atoms with E-state index >= 15 is 0 Å². The molecule has 1 aliphatic heterocycles. The molecule has 2 aromatic heterocycles. The Labute approximate surface area is 188 Å². The van der Waals surface area contributed by atoms with Crippen molar-refractivity contribution in [2.75, 3.05) is 19.0 Å². The minimum absolute atomic E-state index is 0.122. The van der Waals surface area contributed by atoms with Gasteiger partial charge in [-0.15, -0.1) is 0 Å². The summed E-state index contributed by atoms with van der Waals surface area (Å²) in [5.74, 6) is 2.71. The molecule has 0 saturated heterocycles. The number of aromatic nitrogens is 3. The van der Waals surface area contributed by atoms with E-state index < -0.39 is 11.9 Å². The number of fused-ring (bicyclic) bond motifs is 1. The number of hydrogen-bond donors (Lipinski definition) is 1. The van der Waals surface area contributed by atoms with Crippen LogP contribution in [0.2, 0.25) is 0 Å². The number of ether oxygens (including phenoxy) is 3. The maximum atomic E-state index is 13.0. The number of anilines is 1. The fraction of sp³-hybridized carbons (Fsp3) is 0.348. The Balaban J connectivity index is 1.65. The third kappa shape index (κ3) is 5.10. The van der Waals surface area contributed by atoms with E-state index in [2.05, 4.69) is 20.3 Å². The Bertz CT molecular complexity index is 1200. The van der Waals surface area contributed by atoms with Crippen molar-refractivity contribution in [1.82, 2.24) is 15.0 Å². The van der Waals surface area contributed by atoms with Gasteiger partial charge < -0.3 is 19.5 Å².